The zero-order chi connectivity index (χ0) is 13.4. The van der Waals surface area contributed by atoms with E-state index < -0.39 is 0 Å². The van der Waals surface area contributed by atoms with Gasteiger partial charge in [-0.25, -0.2) is 4.98 Å². The Bertz CT molecular complexity index is 471. The van der Waals surface area contributed by atoms with Gasteiger partial charge in [0.2, 0.25) is 5.82 Å². The SMILES string of the molecule is CCc1nc(C(=O)N2C[C@H]3CCC(N)C[C@H]3C2)n[nH]1. The molecule has 1 amide bonds. The summed E-state index contributed by atoms with van der Waals surface area (Å²) in [6.07, 6.45) is 4.04. The van der Waals surface area contributed by atoms with Crippen molar-refractivity contribution in [3.8, 4) is 0 Å². The number of amides is 1. The molecule has 0 spiro atoms. The van der Waals surface area contributed by atoms with Gasteiger partial charge in [-0.05, 0) is 31.1 Å². The first-order valence-electron chi connectivity index (χ1n) is 7.13. The third-order valence-corrected chi connectivity index (χ3v) is 4.44. The van der Waals surface area contributed by atoms with Gasteiger partial charge in [-0.3, -0.25) is 9.89 Å². The molecule has 1 aliphatic carbocycles. The Kier molecular flexibility index (Phi) is 3.26. The van der Waals surface area contributed by atoms with Gasteiger partial charge in [-0.15, -0.1) is 5.10 Å². The van der Waals surface area contributed by atoms with Crippen LogP contribution in [0.5, 0.6) is 0 Å². The summed E-state index contributed by atoms with van der Waals surface area (Å²) in [4.78, 5) is 18.5. The van der Waals surface area contributed by atoms with Crippen molar-refractivity contribution in [2.45, 2.75) is 38.6 Å². The van der Waals surface area contributed by atoms with Crippen molar-refractivity contribution in [3.05, 3.63) is 11.6 Å². The zero-order valence-electron chi connectivity index (χ0n) is 11.3. The molecule has 3 atom stereocenters. The smallest absolute Gasteiger partial charge is 0.293 e. The third-order valence-electron chi connectivity index (χ3n) is 4.44. The van der Waals surface area contributed by atoms with Crippen LogP contribution in [0.4, 0.5) is 0 Å². The Hall–Kier alpha value is -1.43. The van der Waals surface area contributed by atoms with E-state index in [0.29, 0.717) is 23.7 Å². The Labute approximate surface area is 112 Å². The lowest BCUT2D eigenvalue weighted by atomic mass is 9.79. The second-order valence-electron chi connectivity index (χ2n) is 5.76. The number of nitrogens with two attached hydrogens (primary N) is 1. The molecule has 2 heterocycles. The van der Waals surface area contributed by atoms with Crippen LogP contribution in [0.3, 0.4) is 0 Å². The van der Waals surface area contributed by atoms with Crippen LogP contribution in [0.1, 0.15) is 42.6 Å². The number of rotatable bonds is 2. The fourth-order valence-corrected chi connectivity index (χ4v) is 3.32. The van der Waals surface area contributed by atoms with E-state index in [2.05, 4.69) is 15.2 Å². The first-order valence-corrected chi connectivity index (χ1v) is 7.13. The molecule has 19 heavy (non-hydrogen) atoms. The molecule has 1 aromatic heterocycles. The van der Waals surface area contributed by atoms with E-state index in [-0.39, 0.29) is 5.91 Å². The van der Waals surface area contributed by atoms with Crippen LogP contribution >= 0.6 is 0 Å². The minimum Gasteiger partial charge on any atom is -0.335 e. The van der Waals surface area contributed by atoms with Crippen molar-refractivity contribution in [3.63, 3.8) is 0 Å². The maximum Gasteiger partial charge on any atom is 0.293 e. The number of carbonyl (C=O) groups is 1. The van der Waals surface area contributed by atoms with Crippen LogP contribution in [-0.2, 0) is 6.42 Å². The number of nitrogens with zero attached hydrogens (tertiary/aromatic N) is 3. The van der Waals surface area contributed by atoms with E-state index in [4.69, 9.17) is 5.73 Å². The topological polar surface area (TPSA) is 87.9 Å². The summed E-state index contributed by atoms with van der Waals surface area (Å²) in [5.74, 6) is 2.21. The molecule has 0 bridgehead atoms. The number of fused-ring (bicyclic) bond motifs is 1. The average Bonchev–Trinajstić information content (AvgIpc) is 3.03. The first kappa shape index (κ1) is 12.6. The van der Waals surface area contributed by atoms with Crippen molar-refractivity contribution in [1.82, 2.24) is 20.1 Å². The molecule has 2 aliphatic rings. The van der Waals surface area contributed by atoms with Gasteiger partial charge in [0.1, 0.15) is 5.82 Å². The number of hydrogen-bond acceptors (Lipinski definition) is 4. The molecule has 0 radical (unpaired) electrons. The van der Waals surface area contributed by atoms with E-state index in [1.165, 1.54) is 0 Å². The minimum atomic E-state index is -0.0427. The van der Waals surface area contributed by atoms with Crippen molar-refractivity contribution in [2.75, 3.05) is 13.1 Å². The fourth-order valence-electron chi connectivity index (χ4n) is 3.32. The summed E-state index contributed by atoms with van der Waals surface area (Å²) >= 11 is 0. The highest BCUT2D eigenvalue weighted by Crippen LogP contribution is 2.35. The van der Waals surface area contributed by atoms with Gasteiger partial charge >= 0.3 is 0 Å². The van der Waals surface area contributed by atoms with Crippen molar-refractivity contribution >= 4 is 5.91 Å². The number of aryl methyl sites for hydroxylation is 1. The van der Waals surface area contributed by atoms with Crippen LogP contribution in [0.15, 0.2) is 0 Å². The van der Waals surface area contributed by atoms with Gasteiger partial charge < -0.3 is 10.6 Å². The van der Waals surface area contributed by atoms with Gasteiger partial charge in [0.15, 0.2) is 0 Å². The molecule has 1 unspecified atom stereocenters. The van der Waals surface area contributed by atoms with Crippen molar-refractivity contribution in [1.29, 1.82) is 0 Å². The summed E-state index contributed by atoms with van der Waals surface area (Å²) < 4.78 is 0. The molecule has 6 nitrogen and oxygen atoms in total. The number of hydrogen-bond donors (Lipinski definition) is 2. The summed E-state index contributed by atoms with van der Waals surface area (Å²) in [5.41, 5.74) is 6.01. The lowest BCUT2D eigenvalue weighted by Gasteiger charge is -2.27. The molecule has 1 aliphatic heterocycles. The lowest BCUT2D eigenvalue weighted by molar-refractivity contribution is 0.0772. The molecule has 0 aromatic carbocycles. The Morgan fingerprint density at radius 3 is 2.95 bits per heavy atom. The van der Waals surface area contributed by atoms with Crippen LogP contribution in [0.25, 0.3) is 0 Å². The number of likely N-dealkylation sites (tertiary alicyclic amines) is 1. The van der Waals surface area contributed by atoms with Crippen molar-refractivity contribution in [2.24, 2.45) is 17.6 Å². The van der Waals surface area contributed by atoms with Crippen LogP contribution in [0, 0.1) is 11.8 Å². The summed E-state index contributed by atoms with van der Waals surface area (Å²) in [7, 11) is 0. The van der Waals surface area contributed by atoms with Gasteiger partial charge in [0, 0.05) is 25.6 Å². The monoisotopic (exact) mass is 263 g/mol. The number of nitrogens with one attached hydrogen (secondary N) is 1. The van der Waals surface area contributed by atoms with Gasteiger partial charge in [0.25, 0.3) is 5.91 Å². The van der Waals surface area contributed by atoms with E-state index in [1.54, 1.807) is 0 Å². The standard InChI is InChI=1S/C13H21N5O/c1-2-11-15-12(17-16-11)13(19)18-6-8-3-4-10(14)5-9(8)7-18/h8-10H,2-7,14H2,1H3,(H,15,16,17)/t8-,9+,10?/m1/s1. The maximum atomic E-state index is 12.4. The largest absolute Gasteiger partial charge is 0.335 e. The van der Waals surface area contributed by atoms with Gasteiger partial charge in [0.05, 0.1) is 0 Å². The molecule has 1 aromatic rings. The summed E-state index contributed by atoms with van der Waals surface area (Å²) in [6.45, 7) is 3.64. The Balaban J connectivity index is 1.68. The first-order chi connectivity index (χ1) is 9.17. The normalized spacial score (nSPS) is 30.4. The third kappa shape index (κ3) is 2.36. The molecule has 1 saturated carbocycles. The molecule has 2 fully saturated rings. The predicted octanol–water partition coefficient (Wildman–Crippen LogP) is 0.566. The maximum absolute atomic E-state index is 12.4. The van der Waals surface area contributed by atoms with Crippen LogP contribution in [-0.4, -0.2) is 45.1 Å². The number of H-pyrrole nitrogens is 1. The molecule has 3 N–H and O–H groups in total. The average molecular weight is 263 g/mol. The highest BCUT2D eigenvalue weighted by Gasteiger charge is 2.39. The van der Waals surface area contributed by atoms with Gasteiger partial charge in [-0.1, -0.05) is 6.92 Å². The highest BCUT2D eigenvalue weighted by molar-refractivity contribution is 5.90. The molecule has 1 saturated heterocycles. The predicted molar refractivity (Wildman–Crippen MR) is 70.5 cm³/mol. The highest BCUT2D eigenvalue weighted by atomic mass is 16.2. The second kappa shape index (κ2) is 4.92. The second-order valence-corrected chi connectivity index (χ2v) is 5.76. The summed E-state index contributed by atoms with van der Waals surface area (Å²) in [6, 6.07) is 0.312. The van der Waals surface area contributed by atoms with E-state index in [0.717, 1.165) is 44.6 Å². The van der Waals surface area contributed by atoms with E-state index >= 15 is 0 Å². The fraction of sp³-hybridized carbons (Fsp3) is 0.769. The van der Waals surface area contributed by atoms with Gasteiger partial charge in [-0.2, -0.15) is 0 Å². The number of aromatic amines is 1. The Morgan fingerprint density at radius 2 is 2.21 bits per heavy atom. The van der Waals surface area contributed by atoms with E-state index in [9.17, 15) is 4.79 Å². The van der Waals surface area contributed by atoms with Crippen LogP contribution in [0.2, 0.25) is 0 Å². The molecular weight excluding hydrogens is 242 g/mol. The summed E-state index contributed by atoms with van der Waals surface area (Å²) in [5, 5.41) is 6.81. The minimum absolute atomic E-state index is 0.0427. The van der Waals surface area contributed by atoms with Crippen molar-refractivity contribution < 1.29 is 4.79 Å². The molecular formula is C13H21N5O. The number of carbonyl (C=O) groups excluding carboxylic acids is 1. The van der Waals surface area contributed by atoms with E-state index in [1.807, 2.05) is 11.8 Å². The molecule has 6 heteroatoms. The quantitative estimate of drug-likeness (QED) is 0.816. The Morgan fingerprint density at radius 1 is 1.42 bits per heavy atom. The lowest BCUT2D eigenvalue weighted by Crippen LogP contribution is -2.32. The molecule has 104 valence electrons. The number of aromatic nitrogens is 3. The van der Waals surface area contributed by atoms with Crippen LogP contribution < -0.4 is 5.73 Å². The zero-order valence-corrected chi connectivity index (χ0v) is 11.3. The molecule has 3 rings (SSSR count).